The lowest BCUT2D eigenvalue weighted by atomic mass is 9.78. The van der Waals surface area contributed by atoms with E-state index in [1.54, 1.807) is 24.3 Å². The first-order chi connectivity index (χ1) is 10.6. The van der Waals surface area contributed by atoms with Gasteiger partial charge in [-0.25, -0.2) is 0 Å². The number of likely N-dealkylation sites (tertiary alicyclic amines) is 1. The van der Waals surface area contributed by atoms with Crippen LogP contribution in [0.1, 0.15) is 40.0 Å². The molecule has 1 aliphatic carbocycles. The number of nitrogens with two attached hydrogens (primary N) is 1. The van der Waals surface area contributed by atoms with Gasteiger partial charge in [0.15, 0.2) is 0 Å². The minimum atomic E-state index is -0.167. The summed E-state index contributed by atoms with van der Waals surface area (Å²) in [6.07, 6.45) is 3.52. The second kappa shape index (κ2) is 5.18. The first-order valence-corrected chi connectivity index (χ1v) is 8.08. The molecule has 2 aliphatic heterocycles. The van der Waals surface area contributed by atoms with Crippen LogP contribution in [0, 0.1) is 11.8 Å². The highest BCUT2D eigenvalue weighted by molar-refractivity contribution is 6.21. The summed E-state index contributed by atoms with van der Waals surface area (Å²) in [6.45, 7) is 2.25. The van der Waals surface area contributed by atoms with Crippen LogP contribution in [-0.4, -0.2) is 47.4 Å². The Balaban J connectivity index is 1.49. The molecule has 2 amide bonds. The van der Waals surface area contributed by atoms with E-state index >= 15 is 0 Å². The fourth-order valence-electron chi connectivity index (χ4n) is 4.29. The van der Waals surface area contributed by atoms with Gasteiger partial charge in [0.1, 0.15) is 0 Å². The number of rotatable bonds is 2. The topological polar surface area (TPSA) is 66.6 Å². The van der Waals surface area contributed by atoms with Crippen molar-refractivity contribution in [1.29, 1.82) is 0 Å². The molecular weight excluding hydrogens is 278 g/mol. The number of hydrogen-bond acceptors (Lipinski definition) is 4. The molecule has 0 spiro atoms. The van der Waals surface area contributed by atoms with Crippen LogP contribution in [0.3, 0.4) is 0 Å². The zero-order valence-corrected chi connectivity index (χ0v) is 12.6. The van der Waals surface area contributed by atoms with Crippen LogP contribution in [0.4, 0.5) is 0 Å². The first kappa shape index (κ1) is 13.9. The Morgan fingerprint density at radius 3 is 2.36 bits per heavy atom. The molecule has 1 saturated heterocycles. The van der Waals surface area contributed by atoms with Crippen molar-refractivity contribution in [1.82, 2.24) is 9.80 Å². The molecule has 0 aromatic heterocycles. The quantitative estimate of drug-likeness (QED) is 0.836. The lowest BCUT2D eigenvalue weighted by Crippen LogP contribution is -2.41. The highest BCUT2D eigenvalue weighted by Gasteiger charge is 2.42. The third kappa shape index (κ3) is 2.08. The van der Waals surface area contributed by atoms with Gasteiger partial charge in [-0.3, -0.25) is 19.4 Å². The van der Waals surface area contributed by atoms with Crippen molar-refractivity contribution in [2.75, 3.05) is 19.8 Å². The fourth-order valence-corrected chi connectivity index (χ4v) is 4.29. The second-order valence-electron chi connectivity index (χ2n) is 6.78. The SMILES string of the molecule is NC1CCCC2CN(CN3C(=O)c4ccccc4C3=O)CC12. The minimum absolute atomic E-state index is 0.167. The van der Waals surface area contributed by atoms with Crippen LogP contribution in [0.25, 0.3) is 0 Å². The molecule has 5 heteroatoms. The van der Waals surface area contributed by atoms with Crippen LogP contribution in [0.15, 0.2) is 24.3 Å². The molecule has 1 aromatic carbocycles. The molecule has 0 radical (unpaired) electrons. The third-order valence-corrected chi connectivity index (χ3v) is 5.45. The van der Waals surface area contributed by atoms with E-state index in [0.29, 0.717) is 29.6 Å². The summed E-state index contributed by atoms with van der Waals surface area (Å²) < 4.78 is 0. The average molecular weight is 299 g/mol. The highest BCUT2D eigenvalue weighted by atomic mass is 16.2. The maximum Gasteiger partial charge on any atom is 0.262 e. The summed E-state index contributed by atoms with van der Waals surface area (Å²) in [7, 11) is 0. The van der Waals surface area contributed by atoms with Gasteiger partial charge in [0.05, 0.1) is 17.8 Å². The van der Waals surface area contributed by atoms with E-state index in [9.17, 15) is 9.59 Å². The number of benzene rings is 1. The van der Waals surface area contributed by atoms with E-state index in [1.807, 2.05) is 0 Å². The van der Waals surface area contributed by atoms with E-state index in [-0.39, 0.29) is 17.9 Å². The monoisotopic (exact) mass is 299 g/mol. The van der Waals surface area contributed by atoms with Crippen molar-refractivity contribution in [2.24, 2.45) is 17.6 Å². The number of carbonyl (C=O) groups excluding carboxylic acids is 2. The lowest BCUT2D eigenvalue weighted by molar-refractivity contribution is 0.0558. The molecule has 22 heavy (non-hydrogen) atoms. The molecule has 2 N–H and O–H groups in total. The Kier molecular flexibility index (Phi) is 3.27. The zero-order valence-electron chi connectivity index (χ0n) is 12.6. The van der Waals surface area contributed by atoms with Crippen molar-refractivity contribution < 1.29 is 9.59 Å². The molecule has 4 rings (SSSR count). The second-order valence-corrected chi connectivity index (χ2v) is 6.78. The third-order valence-electron chi connectivity index (χ3n) is 5.45. The van der Waals surface area contributed by atoms with Gasteiger partial charge in [0.25, 0.3) is 11.8 Å². The van der Waals surface area contributed by atoms with Crippen molar-refractivity contribution in [2.45, 2.75) is 25.3 Å². The van der Waals surface area contributed by atoms with Crippen molar-refractivity contribution >= 4 is 11.8 Å². The van der Waals surface area contributed by atoms with Gasteiger partial charge in [-0.2, -0.15) is 0 Å². The molecule has 3 atom stereocenters. The molecule has 1 aromatic rings. The van der Waals surface area contributed by atoms with E-state index in [0.717, 1.165) is 19.5 Å². The standard InChI is InChI=1S/C17H21N3O2/c18-15-7-3-4-11-8-19(9-14(11)15)10-20-16(21)12-5-1-2-6-13(12)17(20)22/h1-2,5-6,11,14-15H,3-4,7-10,18H2. The van der Waals surface area contributed by atoms with E-state index < -0.39 is 0 Å². The molecular formula is C17H21N3O2. The normalized spacial score (nSPS) is 31.5. The maximum atomic E-state index is 12.4. The molecule has 116 valence electrons. The van der Waals surface area contributed by atoms with Crippen LogP contribution < -0.4 is 5.73 Å². The Hall–Kier alpha value is -1.72. The van der Waals surface area contributed by atoms with Gasteiger partial charge in [-0.05, 0) is 36.8 Å². The number of amides is 2. The largest absolute Gasteiger partial charge is 0.327 e. The van der Waals surface area contributed by atoms with Gasteiger partial charge in [-0.15, -0.1) is 0 Å². The Morgan fingerprint density at radius 1 is 1.05 bits per heavy atom. The smallest absolute Gasteiger partial charge is 0.262 e. The Bertz CT molecular complexity index is 595. The molecule has 0 bridgehead atoms. The molecule has 3 aliphatic rings. The summed E-state index contributed by atoms with van der Waals surface area (Å²) in [5.41, 5.74) is 7.30. The summed E-state index contributed by atoms with van der Waals surface area (Å²) in [6, 6.07) is 7.34. The predicted octanol–water partition coefficient (Wildman–Crippen LogP) is 1.30. The number of fused-ring (bicyclic) bond motifs is 2. The molecule has 2 heterocycles. The maximum absolute atomic E-state index is 12.4. The van der Waals surface area contributed by atoms with Crippen molar-refractivity contribution in [3.8, 4) is 0 Å². The van der Waals surface area contributed by atoms with E-state index in [1.165, 1.54) is 17.7 Å². The molecule has 2 fully saturated rings. The van der Waals surface area contributed by atoms with E-state index in [2.05, 4.69) is 4.90 Å². The predicted molar refractivity (Wildman–Crippen MR) is 82.2 cm³/mol. The lowest BCUT2D eigenvalue weighted by Gasteiger charge is -2.29. The van der Waals surface area contributed by atoms with Crippen molar-refractivity contribution in [3.63, 3.8) is 0 Å². The van der Waals surface area contributed by atoms with Gasteiger partial charge < -0.3 is 5.73 Å². The van der Waals surface area contributed by atoms with Gasteiger partial charge in [0, 0.05) is 19.1 Å². The number of nitrogens with zero attached hydrogens (tertiary/aromatic N) is 2. The summed E-state index contributed by atoms with van der Waals surface area (Å²) in [5.74, 6) is 0.808. The Morgan fingerprint density at radius 2 is 1.73 bits per heavy atom. The van der Waals surface area contributed by atoms with E-state index in [4.69, 9.17) is 5.73 Å². The van der Waals surface area contributed by atoms with Crippen LogP contribution >= 0.6 is 0 Å². The summed E-state index contributed by atoms with van der Waals surface area (Å²) >= 11 is 0. The average Bonchev–Trinajstić information content (AvgIpc) is 3.04. The Labute approximate surface area is 130 Å². The fraction of sp³-hybridized carbons (Fsp3) is 0.529. The van der Waals surface area contributed by atoms with Crippen molar-refractivity contribution in [3.05, 3.63) is 35.4 Å². The molecule has 5 nitrogen and oxygen atoms in total. The minimum Gasteiger partial charge on any atom is -0.327 e. The summed E-state index contributed by atoms with van der Waals surface area (Å²) in [5, 5.41) is 0. The number of carbonyl (C=O) groups is 2. The highest BCUT2D eigenvalue weighted by Crippen LogP contribution is 2.36. The van der Waals surface area contributed by atoms with Crippen LogP contribution in [0.5, 0.6) is 0 Å². The van der Waals surface area contributed by atoms with Crippen LogP contribution in [-0.2, 0) is 0 Å². The summed E-state index contributed by atoms with van der Waals surface area (Å²) in [4.78, 5) is 28.5. The first-order valence-electron chi connectivity index (χ1n) is 8.08. The number of hydrogen-bond donors (Lipinski definition) is 1. The van der Waals surface area contributed by atoms with Gasteiger partial charge in [0.2, 0.25) is 0 Å². The van der Waals surface area contributed by atoms with Crippen LogP contribution in [0.2, 0.25) is 0 Å². The van der Waals surface area contributed by atoms with Gasteiger partial charge in [-0.1, -0.05) is 18.6 Å². The van der Waals surface area contributed by atoms with Gasteiger partial charge >= 0.3 is 0 Å². The zero-order chi connectivity index (χ0) is 15.3. The molecule has 3 unspecified atom stereocenters. The number of imide groups is 1. The molecule has 1 saturated carbocycles.